The molecule has 0 rings (SSSR count). The molecule has 0 aliphatic rings. The van der Waals surface area contributed by atoms with Crippen LogP contribution in [0.25, 0.3) is 0 Å². The zero-order valence-electron chi connectivity index (χ0n) is 7.94. The van der Waals surface area contributed by atoms with Gasteiger partial charge in [-0.2, -0.15) is 0 Å². The highest BCUT2D eigenvalue weighted by molar-refractivity contribution is 4.38. The van der Waals surface area contributed by atoms with Gasteiger partial charge in [0.05, 0.1) is 33.0 Å². The quantitative estimate of drug-likeness (QED) is 0.378. The molecule has 0 amide bonds. The summed E-state index contributed by atoms with van der Waals surface area (Å²) in [5, 5.41) is 17.4. The van der Waals surface area contributed by atoms with E-state index in [2.05, 4.69) is 0 Å². The van der Waals surface area contributed by atoms with E-state index in [1.165, 1.54) is 0 Å². The summed E-state index contributed by atoms with van der Waals surface area (Å²) < 4.78 is 14.7. The van der Waals surface area contributed by atoms with Crippen molar-refractivity contribution in [2.75, 3.05) is 39.6 Å². The summed E-state index contributed by atoms with van der Waals surface area (Å²) in [7, 11) is 0. The maximum absolute atomic E-state index is 9.08. The molecule has 0 saturated heterocycles. The third-order valence-electron chi connectivity index (χ3n) is 1.24. The van der Waals surface area contributed by atoms with Gasteiger partial charge in [-0.05, 0) is 6.92 Å². The highest BCUT2D eigenvalue weighted by Crippen LogP contribution is 1.88. The van der Waals surface area contributed by atoms with E-state index in [-0.39, 0.29) is 13.2 Å². The van der Waals surface area contributed by atoms with Crippen LogP contribution in [0.3, 0.4) is 0 Å². The fourth-order valence-corrected chi connectivity index (χ4v) is 0.676. The van der Waals surface area contributed by atoms with Gasteiger partial charge >= 0.3 is 0 Å². The fraction of sp³-hybridized carbons (Fsp3) is 1.00. The van der Waals surface area contributed by atoms with Crippen molar-refractivity contribution in [3.63, 3.8) is 0 Å². The van der Waals surface area contributed by atoms with Crippen LogP contribution >= 0.6 is 0 Å². The topological polar surface area (TPSA) is 68.2 Å². The molecule has 0 fully saturated rings. The normalized spacial score (nSPS) is 13.2. The zero-order valence-corrected chi connectivity index (χ0v) is 7.94. The Balaban J connectivity index is 3.03. The monoisotopic (exact) mass is 194 g/mol. The first-order valence-electron chi connectivity index (χ1n) is 4.37. The van der Waals surface area contributed by atoms with Crippen LogP contribution < -0.4 is 0 Å². The minimum absolute atomic E-state index is 0.00149. The summed E-state index contributed by atoms with van der Waals surface area (Å²) in [4.78, 5) is 0. The molecule has 0 bridgehead atoms. The van der Waals surface area contributed by atoms with Crippen LogP contribution in [0.2, 0.25) is 0 Å². The lowest BCUT2D eigenvalue weighted by molar-refractivity contribution is -0.145. The lowest BCUT2D eigenvalue weighted by Crippen LogP contribution is -2.21. The van der Waals surface area contributed by atoms with E-state index in [0.717, 1.165) is 0 Å². The average Bonchev–Trinajstić information content (AvgIpc) is 2.14. The number of aliphatic hydroxyl groups is 2. The number of ether oxygens (including phenoxy) is 3. The predicted octanol–water partition coefficient (Wildman–Crippen LogP) is -0.633. The lowest BCUT2D eigenvalue weighted by Gasteiger charge is -2.11. The molecular weight excluding hydrogens is 176 g/mol. The second kappa shape index (κ2) is 9.88. The minimum atomic E-state index is -0.891. The second-order valence-electron chi connectivity index (χ2n) is 2.32. The van der Waals surface area contributed by atoms with Crippen molar-refractivity contribution in [1.29, 1.82) is 0 Å². The van der Waals surface area contributed by atoms with Crippen molar-refractivity contribution in [2.45, 2.75) is 13.2 Å². The van der Waals surface area contributed by atoms with Crippen molar-refractivity contribution >= 4 is 0 Å². The molecule has 1 unspecified atom stereocenters. The Hall–Kier alpha value is -0.200. The minimum Gasteiger partial charge on any atom is -0.394 e. The van der Waals surface area contributed by atoms with E-state index >= 15 is 0 Å². The molecule has 0 aliphatic heterocycles. The Morgan fingerprint density at radius 2 is 1.92 bits per heavy atom. The number of hydrogen-bond acceptors (Lipinski definition) is 5. The van der Waals surface area contributed by atoms with Crippen molar-refractivity contribution in [3.8, 4) is 0 Å². The van der Waals surface area contributed by atoms with Gasteiger partial charge in [-0.25, -0.2) is 0 Å². The number of aliphatic hydroxyl groups excluding tert-OH is 2. The molecule has 0 aliphatic carbocycles. The van der Waals surface area contributed by atoms with E-state index < -0.39 is 6.29 Å². The molecule has 5 nitrogen and oxygen atoms in total. The van der Waals surface area contributed by atoms with E-state index in [1.807, 2.05) is 6.92 Å². The first kappa shape index (κ1) is 12.8. The molecule has 80 valence electrons. The van der Waals surface area contributed by atoms with Gasteiger partial charge in [0, 0.05) is 6.61 Å². The molecule has 0 aromatic carbocycles. The van der Waals surface area contributed by atoms with Crippen molar-refractivity contribution in [1.82, 2.24) is 0 Å². The maximum atomic E-state index is 9.08. The van der Waals surface area contributed by atoms with Gasteiger partial charge in [0.1, 0.15) is 0 Å². The average molecular weight is 194 g/mol. The maximum Gasteiger partial charge on any atom is 0.178 e. The van der Waals surface area contributed by atoms with Gasteiger partial charge in [-0.1, -0.05) is 0 Å². The van der Waals surface area contributed by atoms with E-state index in [4.69, 9.17) is 24.4 Å². The Bertz CT molecular complexity index is 98.5. The summed E-state index contributed by atoms with van der Waals surface area (Å²) in [6.07, 6.45) is -0.891. The molecular formula is C8H18O5. The Kier molecular flexibility index (Phi) is 9.73. The van der Waals surface area contributed by atoms with Crippen molar-refractivity contribution < 1.29 is 24.4 Å². The smallest absolute Gasteiger partial charge is 0.178 e. The summed E-state index contributed by atoms with van der Waals surface area (Å²) in [6.45, 7) is 3.54. The Morgan fingerprint density at radius 1 is 1.15 bits per heavy atom. The zero-order chi connectivity index (χ0) is 9.94. The molecule has 2 N–H and O–H groups in total. The van der Waals surface area contributed by atoms with Crippen LogP contribution in [0, 0.1) is 0 Å². The van der Waals surface area contributed by atoms with Gasteiger partial charge in [0.2, 0.25) is 0 Å². The van der Waals surface area contributed by atoms with Crippen LogP contribution in [-0.4, -0.2) is 56.1 Å². The summed E-state index contributed by atoms with van der Waals surface area (Å²) in [5.74, 6) is 0. The standard InChI is InChI=1S/C8H18O5/c1-2-11-7-8(10)13-6-5-12-4-3-9/h8-10H,2-7H2,1H3. The van der Waals surface area contributed by atoms with Crippen molar-refractivity contribution in [3.05, 3.63) is 0 Å². The molecule has 0 saturated carbocycles. The van der Waals surface area contributed by atoms with Crippen molar-refractivity contribution in [2.24, 2.45) is 0 Å². The van der Waals surface area contributed by atoms with Gasteiger partial charge < -0.3 is 24.4 Å². The second-order valence-corrected chi connectivity index (χ2v) is 2.32. The Labute approximate surface area is 78.2 Å². The van der Waals surface area contributed by atoms with Crippen LogP contribution in [-0.2, 0) is 14.2 Å². The Morgan fingerprint density at radius 3 is 2.54 bits per heavy atom. The molecule has 0 aromatic rings. The number of rotatable bonds is 9. The fourth-order valence-electron chi connectivity index (χ4n) is 0.676. The van der Waals surface area contributed by atoms with E-state index in [9.17, 15) is 0 Å². The predicted molar refractivity (Wildman–Crippen MR) is 46.4 cm³/mol. The molecule has 0 radical (unpaired) electrons. The lowest BCUT2D eigenvalue weighted by atomic mass is 10.6. The summed E-state index contributed by atoms with van der Waals surface area (Å²) >= 11 is 0. The highest BCUT2D eigenvalue weighted by atomic mass is 16.6. The van der Waals surface area contributed by atoms with Gasteiger partial charge in [0.25, 0.3) is 0 Å². The first-order chi connectivity index (χ1) is 6.31. The van der Waals surface area contributed by atoms with E-state index in [0.29, 0.717) is 26.4 Å². The van der Waals surface area contributed by atoms with Crippen LogP contribution in [0.15, 0.2) is 0 Å². The van der Waals surface area contributed by atoms with Gasteiger partial charge in [-0.3, -0.25) is 0 Å². The van der Waals surface area contributed by atoms with Gasteiger partial charge in [-0.15, -0.1) is 0 Å². The molecule has 5 heteroatoms. The molecule has 0 heterocycles. The van der Waals surface area contributed by atoms with Crippen LogP contribution in [0.1, 0.15) is 6.92 Å². The highest BCUT2D eigenvalue weighted by Gasteiger charge is 2.02. The molecule has 1 atom stereocenters. The number of hydrogen-bond donors (Lipinski definition) is 2. The molecule has 13 heavy (non-hydrogen) atoms. The summed E-state index contributed by atoms with van der Waals surface area (Å²) in [6, 6.07) is 0. The third-order valence-corrected chi connectivity index (χ3v) is 1.24. The van der Waals surface area contributed by atoms with Crippen LogP contribution in [0.5, 0.6) is 0 Å². The summed E-state index contributed by atoms with van der Waals surface area (Å²) in [5.41, 5.74) is 0. The molecule has 0 aromatic heterocycles. The van der Waals surface area contributed by atoms with Gasteiger partial charge in [0.15, 0.2) is 6.29 Å². The van der Waals surface area contributed by atoms with E-state index in [1.54, 1.807) is 0 Å². The van der Waals surface area contributed by atoms with Crippen LogP contribution in [0.4, 0.5) is 0 Å². The third kappa shape index (κ3) is 9.72. The molecule has 0 spiro atoms. The largest absolute Gasteiger partial charge is 0.394 e. The SMILES string of the molecule is CCOCC(O)OCCOCCO. The first-order valence-corrected chi connectivity index (χ1v) is 4.37.